The minimum absolute atomic E-state index is 0.517. The monoisotopic (exact) mass is 562 g/mol. The molecule has 1 aliphatic carbocycles. The number of unbranched alkanes of at least 4 members (excludes halogenated alkanes) is 15. The lowest BCUT2D eigenvalue weighted by Gasteiger charge is -2.27. The van der Waals surface area contributed by atoms with E-state index < -0.39 is 0 Å². The van der Waals surface area contributed by atoms with Crippen LogP contribution in [0.25, 0.3) is 0 Å². The zero-order valence-corrected chi connectivity index (χ0v) is 26.9. The maximum atomic E-state index is 6.19. The van der Waals surface area contributed by atoms with E-state index in [0.29, 0.717) is 11.8 Å². The first-order valence-electron chi connectivity index (χ1n) is 17.8. The van der Waals surface area contributed by atoms with Crippen molar-refractivity contribution in [3.05, 3.63) is 53.6 Å². The highest BCUT2D eigenvalue weighted by Crippen LogP contribution is 2.34. The van der Waals surface area contributed by atoms with E-state index in [9.17, 15) is 0 Å². The normalized spacial score (nSPS) is 17.1. The first-order chi connectivity index (χ1) is 20.3. The number of aryl methyl sites for hydroxylation is 2. The van der Waals surface area contributed by atoms with Crippen LogP contribution in [0.2, 0.25) is 0 Å². The van der Waals surface area contributed by atoms with Gasteiger partial charge in [0.15, 0.2) is 0 Å². The second-order valence-electron chi connectivity index (χ2n) is 12.9. The highest BCUT2D eigenvalue weighted by Gasteiger charge is 2.24. The summed E-state index contributed by atoms with van der Waals surface area (Å²) in [5, 5.41) is 0. The number of benzene rings is 1. The Morgan fingerprint density at radius 1 is 0.561 bits per heavy atom. The Morgan fingerprint density at radius 2 is 1.02 bits per heavy atom. The number of hydrogen-bond acceptors (Lipinski definition) is 3. The van der Waals surface area contributed by atoms with Crippen molar-refractivity contribution < 1.29 is 4.74 Å². The molecule has 0 N–H and O–H groups in total. The molecule has 0 atom stereocenters. The molecule has 1 aromatic heterocycles. The molecule has 1 saturated carbocycles. The van der Waals surface area contributed by atoms with Crippen LogP contribution in [0, 0.1) is 5.92 Å². The van der Waals surface area contributed by atoms with Crippen LogP contribution in [0.4, 0.5) is 0 Å². The van der Waals surface area contributed by atoms with Crippen molar-refractivity contribution in [1.29, 1.82) is 0 Å². The molecule has 1 aromatic carbocycles. The van der Waals surface area contributed by atoms with Gasteiger partial charge in [-0.1, -0.05) is 122 Å². The lowest BCUT2D eigenvalue weighted by atomic mass is 9.82. The molecule has 1 heterocycles. The summed E-state index contributed by atoms with van der Waals surface area (Å²) in [4.78, 5) is 9.59. The predicted octanol–water partition coefficient (Wildman–Crippen LogP) is 11.6. The van der Waals surface area contributed by atoms with Gasteiger partial charge in [-0.05, 0) is 80.5 Å². The topological polar surface area (TPSA) is 35.0 Å². The van der Waals surface area contributed by atoms with E-state index in [1.165, 1.54) is 152 Å². The van der Waals surface area contributed by atoms with Gasteiger partial charge < -0.3 is 4.74 Å². The van der Waals surface area contributed by atoms with E-state index >= 15 is 0 Å². The summed E-state index contributed by atoms with van der Waals surface area (Å²) in [6.07, 6.45) is 34.8. The van der Waals surface area contributed by atoms with Crippen LogP contribution in [0.15, 0.2) is 36.7 Å². The summed E-state index contributed by atoms with van der Waals surface area (Å²) in [7, 11) is 0. The van der Waals surface area contributed by atoms with E-state index in [-0.39, 0.29) is 0 Å². The van der Waals surface area contributed by atoms with Gasteiger partial charge in [0.2, 0.25) is 0 Å². The third-order valence-electron chi connectivity index (χ3n) is 9.23. The van der Waals surface area contributed by atoms with E-state index in [0.717, 1.165) is 24.6 Å². The van der Waals surface area contributed by atoms with Crippen molar-refractivity contribution in [1.82, 2.24) is 9.97 Å². The minimum Gasteiger partial charge on any atom is -0.493 e. The van der Waals surface area contributed by atoms with Gasteiger partial charge in [0.05, 0.1) is 6.61 Å². The molecule has 0 spiro atoms. The van der Waals surface area contributed by atoms with Gasteiger partial charge in [-0.2, -0.15) is 0 Å². The Balaban J connectivity index is 1.22. The third kappa shape index (κ3) is 14.7. The molecule has 0 saturated heterocycles. The smallest absolute Gasteiger partial charge is 0.131 e. The molecule has 3 rings (SSSR count). The van der Waals surface area contributed by atoms with Gasteiger partial charge >= 0.3 is 0 Å². The van der Waals surface area contributed by atoms with Gasteiger partial charge in [0.25, 0.3) is 0 Å². The van der Waals surface area contributed by atoms with Crippen molar-refractivity contribution in [2.24, 2.45) is 5.92 Å². The van der Waals surface area contributed by atoms with Crippen LogP contribution in [0.3, 0.4) is 0 Å². The van der Waals surface area contributed by atoms with Crippen LogP contribution in [-0.2, 0) is 12.8 Å². The van der Waals surface area contributed by atoms with Crippen molar-refractivity contribution in [3.63, 3.8) is 0 Å². The van der Waals surface area contributed by atoms with Crippen LogP contribution >= 0.6 is 0 Å². The molecule has 3 nitrogen and oxygen atoms in total. The Bertz CT molecular complexity index is 870. The molecule has 1 fully saturated rings. The van der Waals surface area contributed by atoms with E-state index in [2.05, 4.69) is 50.5 Å². The molecule has 230 valence electrons. The second-order valence-corrected chi connectivity index (χ2v) is 12.9. The molecular weight excluding hydrogens is 500 g/mol. The fourth-order valence-corrected chi connectivity index (χ4v) is 6.36. The van der Waals surface area contributed by atoms with Crippen LogP contribution in [0.5, 0.6) is 5.75 Å². The summed E-state index contributed by atoms with van der Waals surface area (Å²) in [5.74, 6) is 3.25. The quantitative estimate of drug-likeness (QED) is 0.126. The van der Waals surface area contributed by atoms with Gasteiger partial charge in [-0.25, -0.2) is 9.97 Å². The molecular formula is C38H62N2O. The molecule has 2 aromatic rings. The van der Waals surface area contributed by atoms with Crippen molar-refractivity contribution in [3.8, 4) is 5.75 Å². The number of rotatable bonds is 23. The molecule has 41 heavy (non-hydrogen) atoms. The Morgan fingerprint density at radius 3 is 1.54 bits per heavy atom. The number of nitrogens with zero attached hydrogens (tertiary/aromatic N) is 2. The first-order valence-corrected chi connectivity index (χ1v) is 17.8. The zero-order valence-electron chi connectivity index (χ0n) is 26.9. The van der Waals surface area contributed by atoms with Crippen LogP contribution < -0.4 is 4.74 Å². The molecule has 0 amide bonds. The van der Waals surface area contributed by atoms with E-state index in [1.807, 2.05) is 0 Å². The number of hydrogen-bond donors (Lipinski definition) is 0. The van der Waals surface area contributed by atoms with Crippen molar-refractivity contribution >= 4 is 0 Å². The Hall–Kier alpha value is -1.90. The lowest BCUT2D eigenvalue weighted by Crippen LogP contribution is -2.20. The fraction of sp³-hybridized carbons (Fsp3) is 0.737. The van der Waals surface area contributed by atoms with Crippen LogP contribution in [0.1, 0.15) is 172 Å². The van der Waals surface area contributed by atoms with Crippen molar-refractivity contribution in [2.45, 2.75) is 167 Å². The van der Waals surface area contributed by atoms with Crippen LogP contribution in [-0.4, -0.2) is 16.6 Å². The largest absolute Gasteiger partial charge is 0.493 e. The second kappa shape index (κ2) is 21.8. The van der Waals surface area contributed by atoms with Gasteiger partial charge in [0, 0.05) is 18.3 Å². The predicted molar refractivity (Wildman–Crippen MR) is 176 cm³/mol. The van der Waals surface area contributed by atoms with Gasteiger partial charge in [-0.15, -0.1) is 0 Å². The lowest BCUT2D eigenvalue weighted by molar-refractivity contribution is 0.198. The van der Waals surface area contributed by atoms with E-state index in [4.69, 9.17) is 14.7 Å². The number of aromatic nitrogens is 2. The van der Waals surface area contributed by atoms with Gasteiger partial charge in [0.1, 0.15) is 11.6 Å². The SMILES string of the molecule is CCCCCCCCCCCCc1cnc([C@H]2CC[C@H](COc3ccc(CCCCCCCCC)cc3)CC2)nc1. The maximum Gasteiger partial charge on any atom is 0.131 e. The van der Waals surface area contributed by atoms with E-state index in [1.54, 1.807) is 0 Å². The molecule has 3 heteroatoms. The first kappa shape index (κ1) is 33.6. The van der Waals surface area contributed by atoms with Gasteiger partial charge in [-0.3, -0.25) is 0 Å². The average Bonchev–Trinajstić information content (AvgIpc) is 3.02. The summed E-state index contributed by atoms with van der Waals surface area (Å²) in [6, 6.07) is 8.88. The standard InChI is InChI=1S/C38H62N2O/c1-3-5-7-9-11-12-13-15-17-19-21-35-30-39-38(40-31-35)36-26-22-34(23-27-36)32-41-37-28-24-33(25-29-37)20-18-16-14-10-8-6-4-2/h24-25,28-31,34,36H,3-23,26-27,32H2,1-2H3/t34-,36-. The molecule has 0 bridgehead atoms. The average molecular weight is 563 g/mol. The summed E-state index contributed by atoms with van der Waals surface area (Å²) in [6.45, 7) is 5.41. The highest BCUT2D eigenvalue weighted by atomic mass is 16.5. The number of ether oxygens (including phenoxy) is 1. The summed E-state index contributed by atoms with van der Waals surface area (Å²) < 4.78 is 6.19. The fourth-order valence-electron chi connectivity index (χ4n) is 6.36. The highest BCUT2D eigenvalue weighted by molar-refractivity contribution is 5.27. The molecule has 0 aliphatic heterocycles. The summed E-state index contributed by atoms with van der Waals surface area (Å²) >= 11 is 0. The zero-order chi connectivity index (χ0) is 28.8. The third-order valence-corrected chi connectivity index (χ3v) is 9.23. The molecule has 1 aliphatic rings. The molecule has 0 radical (unpaired) electrons. The summed E-state index contributed by atoms with van der Waals surface area (Å²) in [5.41, 5.74) is 2.75. The minimum atomic E-state index is 0.517. The van der Waals surface area contributed by atoms with Crippen molar-refractivity contribution in [2.75, 3.05) is 6.61 Å². The Labute approximate surface area is 253 Å². The maximum absolute atomic E-state index is 6.19. The Kier molecular flexibility index (Phi) is 17.8. The molecule has 0 unspecified atom stereocenters.